The van der Waals surface area contributed by atoms with Crippen molar-refractivity contribution in [2.75, 3.05) is 6.54 Å². The Morgan fingerprint density at radius 1 is 1.15 bits per heavy atom. The summed E-state index contributed by atoms with van der Waals surface area (Å²) in [5.41, 5.74) is 4.19. The predicted molar refractivity (Wildman–Crippen MR) is 98.8 cm³/mol. The lowest BCUT2D eigenvalue weighted by Crippen LogP contribution is -2.55. The Morgan fingerprint density at radius 3 is 2.46 bits per heavy atom. The molecule has 2 amide bonds. The molecule has 0 spiro atoms. The maximum atomic E-state index is 12.7. The van der Waals surface area contributed by atoms with Crippen molar-refractivity contribution < 1.29 is 9.59 Å². The average molecular weight is 352 g/mol. The number of amides is 2. The molecule has 26 heavy (non-hydrogen) atoms. The van der Waals surface area contributed by atoms with E-state index in [-0.39, 0.29) is 23.9 Å². The van der Waals surface area contributed by atoms with Crippen LogP contribution in [0.4, 0.5) is 0 Å². The van der Waals surface area contributed by atoms with E-state index in [4.69, 9.17) is 4.98 Å². The number of carbonyl (C=O) groups is 2. The highest BCUT2D eigenvalue weighted by Gasteiger charge is 2.53. The molecular formula is C20H24N4O2. The molecule has 0 unspecified atom stereocenters. The van der Waals surface area contributed by atoms with E-state index in [2.05, 4.69) is 24.1 Å². The first kappa shape index (κ1) is 16.9. The van der Waals surface area contributed by atoms with Crippen LogP contribution in [0.3, 0.4) is 0 Å². The van der Waals surface area contributed by atoms with Crippen molar-refractivity contribution in [1.29, 1.82) is 0 Å². The summed E-state index contributed by atoms with van der Waals surface area (Å²) >= 11 is 0. The molecule has 136 valence electrons. The number of rotatable bonds is 4. The molecule has 3 fully saturated rings. The Bertz CT molecular complexity index is 895. The summed E-state index contributed by atoms with van der Waals surface area (Å²) in [6.45, 7) is 6.50. The largest absolute Gasteiger partial charge is 0.347 e. The zero-order valence-corrected chi connectivity index (χ0v) is 15.5. The van der Waals surface area contributed by atoms with Crippen molar-refractivity contribution in [2.45, 2.75) is 52.1 Å². The van der Waals surface area contributed by atoms with Crippen LogP contribution < -0.4 is 5.32 Å². The number of fused-ring (bicyclic) bond motifs is 2. The molecule has 0 radical (unpaired) electrons. The minimum absolute atomic E-state index is 0.0712. The lowest BCUT2D eigenvalue weighted by molar-refractivity contribution is -0.129. The number of carbonyl (C=O) groups excluding carboxylic acids is 2. The predicted octanol–water partition coefficient (Wildman–Crippen LogP) is 2.10. The number of aryl methyl sites for hydroxylation is 2. The Hall–Kier alpha value is -2.50. The van der Waals surface area contributed by atoms with Gasteiger partial charge in [-0.3, -0.25) is 9.59 Å². The monoisotopic (exact) mass is 352 g/mol. The van der Waals surface area contributed by atoms with Crippen molar-refractivity contribution in [1.82, 2.24) is 20.2 Å². The summed E-state index contributed by atoms with van der Waals surface area (Å²) in [6.07, 6.45) is 2.67. The number of aromatic nitrogens is 2. The van der Waals surface area contributed by atoms with Crippen molar-refractivity contribution in [3.8, 4) is 0 Å². The van der Waals surface area contributed by atoms with Crippen LogP contribution in [-0.2, 0) is 17.6 Å². The molecule has 3 heterocycles. The standard InChI is InChI=1S/C20H24N4O2/c1-4-14-15(5-2)22-17-8-12(6-7-16(17)21-14)20(26)23-19-13-9-18(19)24(10-13)11(3)25/h6-8,13,18-19H,4-5,9-10H2,1-3H3,(H,23,26)/t13-,18-,19+/m1/s1. The first-order chi connectivity index (χ1) is 12.5. The smallest absolute Gasteiger partial charge is 0.251 e. The van der Waals surface area contributed by atoms with Crippen molar-refractivity contribution in [3.05, 3.63) is 35.2 Å². The van der Waals surface area contributed by atoms with Gasteiger partial charge in [-0.1, -0.05) is 13.8 Å². The molecule has 1 saturated carbocycles. The van der Waals surface area contributed by atoms with Crippen molar-refractivity contribution >= 4 is 22.8 Å². The Balaban J connectivity index is 1.55. The third-order valence-electron chi connectivity index (χ3n) is 5.75. The molecule has 2 bridgehead atoms. The van der Waals surface area contributed by atoms with Crippen molar-refractivity contribution in [2.24, 2.45) is 5.92 Å². The highest BCUT2D eigenvalue weighted by Crippen LogP contribution is 2.41. The van der Waals surface area contributed by atoms with Gasteiger partial charge in [0.1, 0.15) is 0 Å². The molecule has 6 heteroatoms. The summed E-state index contributed by atoms with van der Waals surface area (Å²) in [5, 5.41) is 3.11. The van der Waals surface area contributed by atoms with Gasteiger partial charge in [-0.05, 0) is 37.5 Å². The van der Waals surface area contributed by atoms with Crippen LogP contribution in [0.25, 0.3) is 11.0 Å². The van der Waals surface area contributed by atoms with E-state index in [1.807, 2.05) is 17.0 Å². The molecule has 6 nitrogen and oxygen atoms in total. The molecule has 5 rings (SSSR count). The van der Waals surface area contributed by atoms with E-state index in [0.717, 1.165) is 48.2 Å². The van der Waals surface area contributed by atoms with E-state index in [1.165, 1.54) is 0 Å². The molecule has 1 aromatic heterocycles. The fraction of sp³-hybridized carbons (Fsp3) is 0.500. The maximum Gasteiger partial charge on any atom is 0.251 e. The molecule has 2 saturated heterocycles. The zero-order chi connectivity index (χ0) is 18.4. The van der Waals surface area contributed by atoms with Gasteiger partial charge in [-0.2, -0.15) is 0 Å². The van der Waals surface area contributed by atoms with Crippen LogP contribution in [0.5, 0.6) is 0 Å². The minimum Gasteiger partial charge on any atom is -0.347 e. The third-order valence-corrected chi connectivity index (χ3v) is 5.75. The minimum atomic E-state index is -0.101. The van der Waals surface area contributed by atoms with Crippen LogP contribution in [0, 0.1) is 5.92 Å². The highest BCUT2D eigenvalue weighted by atomic mass is 16.2. The van der Waals surface area contributed by atoms with Gasteiger partial charge in [-0.15, -0.1) is 0 Å². The van der Waals surface area contributed by atoms with E-state index < -0.39 is 0 Å². The Labute approximate surface area is 153 Å². The quantitative estimate of drug-likeness (QED) is 0.914. The number of hydrogen-bond donors (Lipinski definition) is 1. The number of nitrogens with one attached hydrogen (secondary N) is 1. The summed E-state index contributed by atoms with van der Waals surface area (Å²) in [4.78, 5) is 35.6. The topological polar surface area (TPSA) is 75.2 Å². The van der Waals surface area contributed by atoms with Gasteiger partial charge in [0, 0.05) is 24.9 Å². The van der Waals surface area contributed by atoms with Gasteiger partial charge in [-0.25, -0.2) is 9.97 Å². The van der Waals surface area contributed by atoms with Crippen LogP contribution >= 0.6 is 0 Å². The maximum absolute atomic E-state index is 12.7. The fourth-order valence-corrected chi connectivity index (χ4v) is 4.26. The van der Waals surface area contributed by atoms with E-state index in [1.54, 1.807) is 13.0 Å². The second-order valence-electron chi connectivity index (χ2n) is 7.26. The molecular weight excluding hydrogens is 328 g/mol. The molecule has 2 aliphatic heterocycles. The first-order valence-corrected chi connectivity index (χ1v) is 9.39. The van der Waals surface area contributed by atoms with Crippen LogP contribution in [0.15, 0.2) is 18.2 Å². The zero-order valence-electron chi connectivity index (χ0n) is 15.5. The van der Waals surface area contributed by atoms with Gasteiger partial charge >= 0.3 is 0 Å². The van der Waals surface area contributed by atoms with Gasteiger partial charge in [0.15, 0.2) is 0 Å². The molecule has 3 atom stereocenters. The van der Waals surface area contributed by atoms with Gasteiger partial charge in [0.25, 0.3) is 5.91 Å². The fourth-order valence-electron chi connectivity index (χ4n) is 4.26. The van der Waals surface area contributed by atoms with Crippen LogP contribution in [0.1, 0.15) is 48.9 Å². The molecule has 3 aliphatic rings. The first-order valence-electron chi connectivity index (χ1n) is 9.39. The van der Waals surface area contributed by atoms with Crippen LogP contribution in [0.2, 0.25) is 0 Å². The van der Waals surface area contributed by atoms with Crippen molar-refractivity contribution in [3.63, 3.8) is 0 Å². The van der Waals surface area contributed by atoms with Gasteiger partial charge < -0.3 is 10.2 Å². The second kappa shape index (κ2) is 6.34. The normalized spacial score (nSPS) is 23.8. The van der Waals surface area contributed by atoms with Gasteiger partial charge in [0.2, 0.25) is 5.91 Å². The second-order valence-corrected chi connectivity index (χ2v) is 7.26. The number of hydrogen-bond acceptors (Lipinski definition) is 4. The summed E-state index contributed by atoms with van der Waals surface area (Å²) in [5.74, 6) is 0.373. The lowest BCUT2D eigenvalue weighted by atomic mass is 9.80. The lowest BCUT2D eigenvalue weighted by Gasteiger charge is -2.36. The van der Waals surface area contributed by atoms with E-state index in [0.29, 0.717) is 11.5 Å². The SMILES string of the molecule is CCc1nc2ccc(C(=O)N[C@H]3[C@@H]4C[C@H]3N(C(C)=O)C4)cc2nc1CC. The Kier molecular flexibility index (Phi) is 4.13. The van der Waals surface area contributed by atoms with E-state index in [9.17, 15) is 9.59 Å². The number of benzene rings is 1. The third kappa shape index (κ3) is 2.64. The number of nitrogens with zero attached hydrogens (tertiary/aromatic N) is 3. The van der Waals surface area contributed by atoms with Gasteiger partial charge in [0.05, 0.1) is 34.5 Å². The average Bonchev–Trinajstić information content (AvgIpc) is 3.24. The highest BCUT2D eigenvalue weighted by molar-refractivity contribution is 5.97. The molecule has 1 aliphatic carbocycles. The molecule has 1 aromatic carbocycles. The van der Waals surface area contributed by atoms with E-state index >= 15 is 0 Å². The Morgan fingerprint density at radius 2 is 1.85 bits per heavy atom. The molecule has 1 N–H and O–H groups in total. The summed E-state index contributed by atoms with van der Waals surface area (Å²) in [6, 6.07) is 5.72. The summed E-state index contributed by atoms with van der Waals surface area (Å²) < 4.78 is 0. The summed E-state index contributed by atoms with van der Waals surface area (Å²) in [7, 11) is 0. The van der Waals surface area contributed by atoms with Crippen LogP contribution in [-0.4, -0.2) is 45.3 Å². The molecule has 2 aromatic rings.